The van der Waals surface area contributed by atoms with Crippen LogP contribution in [0.3, 0.4) is 0 Å². The summed E-state index contributed by atoms with van der Waals surface area (Å²) < 4.78 is 10.8. The number of aromatic nitrogens is 2. The summed E-state index contributed by atoms with van der Waals surface area (Å²) in [6.07, 6.45) is 0.0619. The Kier molecular flexibility index (Phi) is 5.06. The number of rotatable bonds is 5. The number of thioether (sulfide) groups is 1. The minimum absolute atomic E-state index is 0.0619. The highest BCUT2D eigenvalue weighted by atomic mass is 35.5. The van der Waals surface area contributed by atoms with Gasteiger partial charge in [-0.1, -0.05) is 23.4 Å². The molecule has 1 atom stereocenters. The van der Waals surface area contributed by atoms with Crippen molar-refractivity contribution in [3.63, 3.8) is 0 Å². The zero-order valence-corrected chi connectivity index (χ0v) is 16.2. The molecule has 0 saturated carbocycles. The summed E-state index contributed by atoms with van der Waals surface area (Å²) in [6.45, 7) is 0. The van der Waals surface area contributed by atoms with E-state index < -0.39 is 5.25 Å². The summed E-state index contributed by atoms with van der Waals surface area (Å²) in [4.78, 5) is 26.2. The van der Waals surface area contributed by atoms with Crippen LogP contribution in [-0.4, -0.2) is 34.4 Å². The first kappa shape index (κ1) is 18.5. The standard InChI is InChI=1S/C19H14ClN3O4S/c1-26-14-8-2-11(3-9-14)17-21-22-19(27-17)28-15-10-16(24)23(18(15)25)13-6-4-12(20)5-7-13/h2-9,15H,10H2,1H3. The Hall–Kier alpha value is -2.84. The number of nitrogens with zero attached hydrogens (tertiary/aromatic N) is 3. The molecule has 1 unspecified atom stereocenters. The summed E-state index contributed by atoms with van der Waals surface area (Å²) in [7, 11) is 1.59. The summed E-state index contributed by atoms with van der Waals surface area (Å²) in [5.41, 5.74) is 1.23. The van der Waals surface area contributed by atoms with E-state index in [1.165, 1.54) is 0 Å². The van der Waals surface area contributed by atoms with E-state index in [0.717, 1.165) is 28.0 Å². The second kappa shape index (κ2) is 7.65. The number of carbonyl (C=O) groups is 2. The van der Waals surface area contributed by atoms with Crippen LogP contribution in [-0.2, 0) is 9.59 Å². The molecule has 0 radical (unpaired) electrons. The largest absolute Gasteiger partial charge is 0.497 e. The average molecular weight is 416 g/mol. The molecule has 28 heavy (non-hydrogen) atoms. The molecule has 2 aromatic carbocycles. The first-order valence-electron chi connectivity index (χ1n) is 8.32. The van der Waals surface area contributed by atoms with Crippen LogP contribution >= 0.6 is 23.4 Å². The van der Waals surface area contributed by atoms with Crippen molar-refractivity contribution in [2.75, 3.05) is 12.0 Å². The quantitative estimate of drug-likeness (QED) is 0.585. The van der Waals surface area contributed by atoms with Crippen molar-refractivity contribution in [1.82, 2.24) is 10.2 Å². The highest BCUT2D eigenvalue weighted by Gasteiger charge is 2.41. The summed E-state index contributed by atoms with van der Waals surface area (Å²) in [6, 6.07) is 13.7. The highest BCUT2D eigenvalue weighted by Crippen LogP contribution is 2.34. The van der Waals surface area contributed by atoms with Crippen LogP contribution in [0.2, 0.25) is 5.02 Å². The van der Waals surface area contributed by atoms with Gasteiger partial charge in [-0.05, 0) is 48.5 Å². The molecule has 9 heteroatoms. The van der Waals surface area contributed by atoms with Crippen molar-refractivity contribution in [2.45, 2.75) is 16.9 Å². The van der Waals surface area contributed by atoms with Gasteiger partial charge >= 0.3 is 0 Å². The highest BCUT2D eigenvalue weighted by molar-refractivity contribution is 8.00. The number of ether oxygens (including phenoxy) is 1. The normalized spacial score (nSPS) is 16.6. The molecule has 2 heterocycles. The van der Waals surface area contributed by atoms with Gasteiger partial charge in [0.1, 0.15) is 11.0 Å². The van der Waals surface area contributed by atoms with Gasteiger partial charge in [-0.2, -0.15) is 0 Å². The number of hydrogen-bond donors (Lipinski definition) is 0. The fraction of sp³-hybridized carbons (Fsp3) is 0.158. The second-order valence-corrected chi connectivity index (χ2v) is 7.55. The van der Waals surface area contributed by atoms with Crippen LogP contribution in [0.4, 0.5) is 5.69 Å². The van der Waals surface area contributed by atoms with Crippen molar-refractivity contribution in [3.05, 3.63) is 53.6 Å². The van der Waals surface area contributed by atoms with E-state index in [1.54, 1.807) is 55.6 Å². The first-order valence-corrected chi connectivity index (χ1v) is 9.58. The van der Waals surface area contributed by atoms with Crippen LogP contribution in [0.1, 0.15) is 6.42 Å². The third-order valence-electron chi connectivity index (χ3n) is 4.18. The van der Waals surface area contributed by atoms with Gasteiger partial charge in [0.15, 0.2) is 0 Å². The van der Waals surface area contributed by atoms with Gasteiger partial charge < -0.3 is 9.15 Å². The number of amides is 2. The van der Waals surface area contributed by atoms with E-state index in [2.05, 4.69) is 10.2 Å². The Labute approximate surface area is 169 Å². The molecular weight excluding hydrogens is 402 g/mol. The fourth-order valence-corrected chi connectivity index (χ4v) is 3.80. The van der Waals surface area contributed by atoms with Gasteiger partial charge in [-0.15, -0.1) is 10.2 Å². The van der Waals surface area contributed by atoms with E-state index >= 15 is 0 Å². The zero-order valence-electron chi connectivity index (χ0n) is 14.7. The third kappa shape index (κ3) is 3.61. The van der Waals surface area contributed by atoms with Crippen molar-refractivity contribution in [2.24, 2.45) is 0 Å². The van der Waals surface area contributed by atoms with Crippen LogP contribution < -0.4 is 9.64 Å². The van der Waals surface area contributed by atoms with E-state index in [4.69, 9.17) is 20.8 Å². The first-order chi connectivity index (χ1) is 13.5. The van der Waals surface area contributed by atoms with E-state index in [0.29, 0.717) is 16.6 Å². The maximum atomic E-state index is 12.7. The molecule has 1 aliphatic rings. The van der Waals surface area contributed by atoms with Crippen LogP contribution in [0.15, 0.2) is 58.2 Å². The monoisotopic (exact) mass is 415 g/mol. The van der Waals surface area contributed by atoms with Crippen molar-refractivity contribution in [3.8, 4) is 17.2 Å². The molecule has 2 amide bonds. The van der Waals surface area contributed by atoms with Gasteiger partial charge in [0, 0.05) is 17.0 Å². The summed E-state index contributed by atoms with van der Waals surface area (Å²) in [5, 5.41) is 8.14. The Morgan fingerprint density at radius 1 is 1.11 bits per heavy atom. The molecule has 0 aliphatic carbocycles. The van der Waals surface area contributed by atoms with Crippen LogP contribution in [0.5, 0.6) is 5.75 Å². The van der Waals surface area contributed by atoms with Gasteiger partial charge in [0.05, 0.1) is 12.8 Å². The minimum Gasteiger partial charge on any atom is -0.497 e. The predicted molar refractivity (Wildman–Crippen MR) is 104 cm³/mol. The lowest BCUT2D eigenvalue weighted by Gasteiger charge is -2.14. The molecule has 3 aromatic rings. The van der Waals surface area contributed by atoms with Crippen molar-refractivity contribution < 1.29 is 18.7 Å². The Morgan fingerprint density at radius 3 is 2.50 bits per heavy atom. The molecule has 0 bridgehead atoms. The molecule has 1 aromatic heterocycles. The van der Waals surface area contributed by atoms with Crippen LogP contribution in [0.25, 0.3) is 11.5 Å². The predicted octanol–water partition coefficient (Wildman–Crippen LogP) is 3.82. The van der Waals surface area contributed by atoms with Crippen molar-refractivity contribution >= 4 is 40.9 Å². The molecule has 0 N–H and O–H groups in total. The smallest absolute Gasteiger partial charge is 0.277 e. The number of halogens is 1. The molecule has 1 aliphatic heterocycles. The number of hydrogen-bond acceptors (Lipinski definition) is 7. The fourth-order valence-electron chi connectivity index (χ4n) is 2.79. The molecular formula is C19H14ClN3O4S. The van der Waals surface area contributed by atoms with E-state index in [9.17, 15) is 9.59 Å². The number of anilines is 1. The lowest BCUT2D eigenvalue weighted by atomic mass is 10.2. The van der Waals surface area contributed by atoms with Gasteiger partial charge in [0.25, 0.3) is 5.22 Å². The van der Waals surface area contributed by atoms with E-state index in [1.807, 2.05) is 0 Å². The van der Waals surface area contributed by atoms with Gasteiger partial charge in [-0.25, -0.2) is 4.90 Å². The zero-order chi connectivity index (χ0) is 19.7. The minimum atomic E-state index is -0.618. The van der Waals surface area contributed by atoms with Gasteiger partial charge in [0.2, 0.25) is 17.7 Å². The third-order valence-corrected chi connectivity index (χ3v) is 5.45. The number of methoxy groups -OCH3 is 1. The number of imide groups is 1. The number of carbonyl (C=O) groups excluding carboxylic acids is 2. The van der Waals surface area contributed by atoms with Crippen LogP contribution in [0, 0.1) is 0 Å². The second-order valence-electron chi connectivity index (χ2n) is 5.96. The summed E-state index contributed by atoms with van der Waals surface area (Å²) in [5.74, 6) is 0.452. The molecule has 4 rings (SSSR count). The lowest BCUT2D eigenvalue weighted by Crippen LogP contribution is -2.31. The van der Waals surface area contributed by atoms with Crippen molar-refractivity contribution in [1.29, 1.82) is 0 Å². The SMILES string of the molecule is COc1ccc(-c2nnc(SC3CC(=O)N(c4ccc(Cl)cc4)C3=O)o2)cc1. The Morgan fingerprint density at radius 2 is 1.82 bits per heavy atom. The Bertz CT molecular complexity index is 1020. The summed E-state index contributed by atoms with van der Waals surface area (Å²) >= 11 is 6.95. The molecule has 0 spiro atoms. The average Bonchev–Trinajstić information content (AvgIpc) is 3.28. The molecule has 7 nitrogen and oxygen atoms in total. The lowest BCUT2D eigenvalue weighted by molar-refractivity contribution is -0.121. The molecule has 1 fully saturated rings. The maximum Gasteiger partial charge on any atom is 0.277 e. The van der Waals surface area contributed by atoms with Gasteiger partial charge in [-0.3, -0.25) is 9.59 Å². The van der Waals surface area contributed by atoms with E-state index in [-0.39, 0.29) is 23.5 Å². The molecule has 1 saturated heterocycles. The molecule has 142 valence electrons. The maximum absolute atomic E-state index is 12.7. The Balaban J connectivity index is 1.49. The number of benzene rings is 2. The topological polar surface area (TPSA) is 85.5 Å².